The summed E-state index contributed by atoms with van der Waals surface area (Å²) in [6, 6.07) is 1.00. The standard InChI is InChI=1S/C14H29FOSi/c1-10(2)17(11(3)4,12(5)6)9-14-13(15)7-8-16-14/h10-14H,7-9H2,1-6H3. The molecule has 1 heterocycles. The number of ether oxygens (including phenoxy) is 1. The molecule has 2 unspecified atom stereocenters. The van der Waals surface area contributed by atoms with Crippen molar-refractivity contribution in [3.63, 3.8) is 0 Å². The molecule has 2 atom stereocenters. The zero-order chi connectivity index (χ0) is 13.2. The fourth-order valence-corrected chi connectivity index (χ4v) is 10.3. The van der Waals surface area contributed by atoms with Crippen LogP contribution in [0.1, 0.15) is 48.0 Å². The Hall–Kier alpha value is 0.107. The third kappa shape index (κ3) is 2.92. The summed E-state index contributed by atoms with van der Waals surface area (Å²) in [7, 11) is -1.50. The highest BCUT2D eigenvalue weighted by molar-refractivity contribution is 6.83. The lowest BCUT2D eigenvalue weighted by Gasteiger charge is -2.44. The van der Waals surface area contributed by atoms with Gasteiger partial charge in [-0.2, -0.15) is 0 Å². The van der Waals surface area contributed by atoms with E-state index in [1.807, 2.05) is 0 Å². The Balaban J connectivity index is 2.89. The van der Waals surface area contributed by atoms with Gasteiger partial charge in [-0.25, -0.2) is 4.39 Å². The third-order valence-corrected chi connectivity index (χ3v) is 12.5. The first-order valence-electron chi connectivity index (χ1n) is 7.08. The Kier molecular flexibility index (Phi) is 5.20. The molecule has 3 heteroatoms. The Morgan fingerprint density at radius 3 is 1.82 bits per heavy atom. The maximum Gasteiger partial charge on any atom is 0.128 e. The highest BCUT2D eigenvalue weighted by Crippen LogP contribution is 2.46. The lowest BCUT2D eigenvalue weighted by Crippen LogP contribution is -2.48. The molecule has 1 fully saturated rings. The van der Waals surface area contributed by atoms with Gasteiger partial charge in [-0.15, -0.1) is 0 Å². The molecule has 1 saturated heterocycles. The van der Waals surface area contributed by atoms with E-state index >= 15 is 0 Å². The van der Waals surface area contributed by atoms with Crippen LogP contribution in [0.3, 0.4) is 0 Å². The Morgan fingerprint density at radius 1 is 1.06 bits per heavy atom. The molecule has 0 N–H and O–H groups in total. The fourth-order valence-electron chi connectivity index (χ4n) is 3.86. The van der Waals surface area contributed by atoms with Gasteiger partial charge < -0.3 is 4.74 Å². The zero-order valence-electron chi connectivity index (χ0n) is 12.3. The second-order valence-corrected chi connectivity index (χ2v) is 12.6. The quantitative estimate of drug-likeness (QED) is 0.646. The van der Waals surface area contributed by atoms with Crippen molar-refractivity contribution in [1.29, 1.82) is 0 Å². The summed E-state index contributed by atoms with van der Waals surface area (Å²) >= 11 is 0. The number of hydrogen-bond acceptors (Lipinski definition) is 1. The zero-order valence-corrected chi connectivity index (χ0v) is 13.3. The molecular formula is C14H29FOSi. The Labute approximate surface area is 107 Å². The minimum absolute atomic E-state index is 0.117. The van der Waals surface area contributed by atoms with Crippen molar-refractivity contribution in [1.82, 2.24) is 0 Å². The molecule has 1 aliphatic rings. The van der Waals surface area contributed by atoms with Gasteiger partial charge >= 0.3 is 0 Å². The van der Waals surface area contributed by atoms with E-state index in [1.54, 1.807) is 0 Å². The molecule has 102 valence electrons. The molecule has 0 aromatic heterocycles. The monoisotopic (exact) mass is 260 g/mol. The molecule has 1 rings (SSSR count). The summed E-state index contributed by atoms with van der Waals surface area (Å²) in [6.07, 6.45) is -0.240. The third-order valence-electron chi connectivity index (χ3n) is 4.91. The molecule has 1 nitrogen and oxygen atoms in total. The first-order valence-corrected chi connectivity index (χ1v) is 9.52. The minimum Gasteiger partial charge on any atom is -0.375 e. The van der Waals surface area contributed by atoms with Crippen LogP contribution in [0.2, 0.25) is 22.7 Å². The van der Waals surface area contributed by atoms with E-state index in [0.29, 0.717) is 29.7 Å². The first-order chi connectivity index (χ1) is 7.82. The normalized spacial score (nSPS) is 26.5. The molecule has 0 aromatic carbocycles. The van der Waals surface area contributed by atoms with Crippen LogP contribution >= 0.6 is 0 Å². The van der Waals surface area contributed by atoms with Crippen LogP contribution in [-0.4, -0.2) is 27.0 Å². The van der Waals surface area contributed by atoms with Crippen molar-refractivity contribution in [3.8, 4) is 0 Å². The van der Waals surface area contributed by atoms with Crippen molar-refractivity contribution < 1.29 is 9.13 Å². The average molecular weight is 260 g/mol. The van der Waals surface area contributed by atoms with E-state index in [1.165, 1.54) is 0 Å². The fraction of sp³-hybridized carbons (Fsp3) is 1.00. The predicted octanol–water partition coefficient (Wildman–Crippen LogP) is 4.79. The van der Waals surface area contributed by atoms with E-state index in [0.717, 1.165) is 6.04 Å². The summed E-state index contributed by atoms with van der Waals surface area (Å²) in [5, 5.41) is 0. The Morgan fingerprint density at radius 2 is 1.53 bits per heavy atom. The molecule has 0 aromatic rings. The van der Waals surface area contributed by atoms with Gasteiger partial charge in [-0.1, -0.05) is 58.2 Å². The van der Waals surface area contributed by atoms with Crippen LogP contribution in [0, 0.1) is 0 Å². The predicted molar refractivity (Wildman–Crippen MR) is 75.1 cm³/mol. The van der Waals surface area contributed by atoms with E-state index in [4.69, 9.17) is 4.74 Å². The van der Waals surface area contributed by atoms with Gasteiger partial charge in [-0.3, -0.25) is 0 Å². The van der Waals surface area contributed by atoms with Crippen molar-refractivity contribution in [3.05, 3.63) is 0 Å². The molecule has 0 radical (unpaired) electrons. The smallest absolute Gasteiger partial charge is 0.128 e. The summed E-state index contributed by atoms with van der Waals surface area (Å²) < 4.78 is 19.4. The number of alkyl halides is 1. The van der Waals surface area contributed by atoms with Gasteiger partial charge in [0, 0.05) is 13.0 Å². The number of hydrogen-bond donors (Lipinski definition) is 0. The molecule has 0 amide bonds. The highest BCUT2D eigenvalue weighted by Gasteiger charge is 2.46. The van der Waals surface area contributed by atoms with Gasteiger partial charge in [0.2, 0.25) is 0 Å². The van der Waals surface area contributed by atoms with Gasteiger partial charge in [0.25, 0.3) is 0 Å². The van der Waals surface area contributed by atoms with Crippen LogP contribution in [0.15, 0.2) is 0 Å². The second kappa shape index (κ2) is 5.83. The lowest BCUT2D eigenvalue weighted by atomic mass is 10.2. The van der Waals surface area contributed by atoms with Gasteiger partial charge in [0.15, 0.2) is 0 Å². The van der Waals surface area contributed by atoms with Crippen LogP contribution in [0.5, 0.6) is 0 Å². The van der Waals surface area contributed by atoms with Gasteiger partial charge in [0.05, 0.1) is 14.2 Å². The molecule has 0 bridgehead atoms. The highest BCUT2D eigenvalue weighted by atomic mass is 28.3. The second-order valence-electron chi connectivity index (χ2n) is 6.49. The van der Waals surface area contributed by atoms with E-state index in [9.17, 15) is 4.39 Å². The topological polar surface area (TPSA) is 9.23 Å². The van der Waals surface area contributed by atoms with E-state index in [2.05, 4.69) is 41.5 Å². The van der Waals surface area contributed by atoms with Crippen molar-refractivity contribution in [2.24, 2.45) is 0 Å². The molecule has 0 aliphatic carbocycles. The van der Waals surface area contributed by atoms with Gasteiger partial charge in [-0.05, 0) is 6.04 Å². The SMILES string of the molecule is CC(C)[Si](CC1OCCC1F)(C(C)C)C(C)C. The van der Waals surface area contributed by atoms with Crippen molar-refractivity contribution in [2.75, 3.05) is 6.61 Å². The maximum atomic E-state index is 13.8. The van der Waals surface area contributed by atoms with Gasteiger partial charge in [0.1, 0.15) is 6.17 Å². The number of rotatable bonds is 5. The Bertz CT molecular complexity index is 219. The van der Waals surface area contributed by atoms with Crippen LogP contribution in [0.4, 0.5) is 4.39 Å². The van der Waals surface area contributed by atoms with Crippen LogP contribution in [0.25, 0.3) is 0 Å². The molecule has 0 saturated carbocycles. The van der Waals surface area contributed by atoms with Crippen molar-refractivity contribution >= 4 is 8.07 Å². The van der Waals surface area contributed by atoms with Crippen LogP contribution in [-0.2, 0) is 4.74 Å². The lowest BCUT2D eigenvalue weighted by molar-refractivity contribution is 0.0904. The summed E-state index contributed by atoms with van der Waals surface area (Å²) in [4.78, 5) is 0. The summed E-state index contributed by atoms with van der Waals surface area (Å²) in [6.45, 7) is 14.6. The van der Waals surface area contributed by atoms with Crippen LogP contribution < -0.4 is 0 Å². The summed E-state index contributed by atoms with van der Waals surface area (Å²) in [5.74, 6) is 0. The minimum atomic E-state index is -1.50. The summed E-state index contributed by atoms with van der Waals surface area (Å²) in [5.41, 5.74) is 2.08. The van der Waals surface area contributed by atoms with Crippen molar-refractivity contribution in [2.45, 2.75) is 82.9 Å². The first kappa shape index (κ1) is 15.2. The number of halogens is 1. The average Bonchev–Trinajstić information content (AvgIpc) is 2.58. The van der Waals surface area contributed by atoms with E-state index in [-0.39, 0.29) is 6.10 Å². The molecule has 1 aliphatic heterocycles. The van der Waals surface area contributed by atoms with E-state index < -0.39 is 14.2 Å². The molecule has 0 spiro atoms. The molecular weight excluding hydrogens is 231 g/mol. The molecule has 17 heavy (non-hydrogen) atoms. The largest absolute Gasteiger partial charge is 0.375 e. The maximum absolute atomic E-state index is 13.8.